The maximum Gasteiger partial charge on any atom is 0.430 e. The van der Waals surface area contributed by atoms with E-state index in [2.05, 4.69) is 15.1 Å². The molecule has 0 aliphatic carbocycles. The van der Waals surface area contributed by atoms with E-state index in [1.54, 1.807) is 48.9 Å². The van der Waals surface area contributed by atoms with E-state index >= 15 is 0 Å². The van der Waals surface area contributed by atoms with Crippen molar-refractivity contribution in [1.29, 1.82) is 0 Å². The summed E-state index contributed by atoms with van der Waals surface area (Å²) >= 11 is 0. The van der Waals surface area contributed by atoms with Crippen LogP contribution in [0.5, 0.6) is 0 Å². The summed E-state index contributed by atoms with van der Waals surface area (Å²) in [6, 6.07) is 12.1. The van der Waals surface area contributed by atoms with Gasteiger partial charge in [-0.3, -0.25) is 14.3 Å². The number of nitrogens with zero attached hydrogens (tertiary/aromatic N) is 5. The van der Waals surface area contributed by atoms with E-state index in [9.17, 15) is 36.2 Å². The van der Waals surface area contributed by atoms with Crippen molar-refractivity contribution in [2.24, 2.45) is 0 Å². The molecule has 3 aromatic heterocycles. The molecule has 0 atom stereocenters. The van der Waals surface area contributed by atoms with E-state index in [0.29, 0.717) is 29.0 Å². The highest BCUT2D eigenvalue weighted by atomic mass is 19.4. The highest BCUT2D eigenvalue weighted by Crippen LogP contribution is 2.50. The van der Waals surface area contributed by atoms with Crippen molar-refractivity contribution in [3.63, 3.8) is 0 Å². The average Bonchev–Trinajstić information content (AvgIpc) is 3.44. The Morgan fingerprint density at radius 1 is 0.927 bits per heavy atom. The third kappa shape index (κ3) is 4.86. The van der Waals surface area contributed by atoms with Crippen LogP contribution in [0.3, 0.4) is 0 Å². The fraction of sp³-hybridized carbons (Fsp3) is 0.214. The molecule has 0 aliphatic rings. The number of benzene rings is 2. The molecule has 13 heteroatoms. The van der Waals surface area contributed by atoms with Crippen molar-refractivity contribution in [2.75, 3.05) is 0 Å². The molecule has 3 heterocycles. The molecule has 7 nitrogen and oxygen atoms in total. The molecule has 41 heavy (non-hydrogen) atoms. The van der Waals surface area contributed by atoms with Crippen molar-refractivity contribution in [1.82, 2.24) is 24.3 Å². The maximum atomic E-state index is 13.9. The van der Waals surface area contributed by atoms with Gasteiger partial charge in [0.1, 0.15) is 5.82 Å². The van der Waals surface area contributed by atoms with Crippen molar-refractivity contribution in [3.05, 3.63) is 112 Å². The molecule has 0 radical (unpaired) electrons. The molecular formula is C28H21F6N5O2. The third-order valence-corrected chi connectivity index (χ3v) is 6.68. The number of aromatic nitrogens is 5. The fourth-order valence-electron chi connectivity index (χ4n) is 4.54. The minimum absolute atomic E-state index is 0.00791. The Kier molecular flexibility index (Phi) is 6.72. The number of fused-ring (bicyclic) bond motifs is 1. The van der Waals surface area contributed by atoms with Gasteiger partial charge in [0.25, 0.3) is 11.2 Å². The van der Waals surface area contributed by atoms with Gasteiger partial charge in [0.05, 0.1) is 22.3 Å². The van der Waals surface area contributed by atoms with Crippen LogP contribution in [0.4, 0.5) is 26.3 Å². The molecule has 5 aromatic rings. The first-order valence-corrected chi connectivity index (χ1v) is 12.2. The number of alkyl halides is 6. The van der Waals surface area contributed by atoms with Crippen LogP contribution in [0, 0.1) is 13.8 Å². The molecular weight excluding hydrogens is 552 g/mol. The molecule has 0 bridgehead atoms. The normalized spacial score (nSPS) is 12.7. The zero-order valence-corrected chi connectivity index (χ0v) is 21.5. The first kappa shape index (κ1) is 28.0. The first-order chi connectivity index (χ1) is 19.2. The monoisotopic (exact) mass is 573 g/mol. The van der Waals surface area contributed by atoms with Gasteiger partial charge in [-0.2, -0.15) is 31.4 Å². The van der Waals surface area contributed by atoms with Gasteiger partial charge in [-0.1, -0.05) is 18.2 Å². The van der Waals surface area contributed by atoms with Crippen molar-refractivity contribution >= 4 is 10.9 Å². The van der Waals surface area contributed by atoms with Crippen molar-refractivity contribution in [3.8, 4) is 11.4 Å². The van der Waals surface area contributed by atoms with Gasteiger partial charge in [-0.05, 0) is 61.4 Å². The minimum Gasteiger partial charge on any atom is -0.369 e. The summed E-state index contributed by atoms with van der Waals surface area (Å²) in [5.41, 5.74) is -5.00. The van der Waals surface area contributed by atoms with Gasteiger partial charge < -0.3 is 5.11 Å². The lowest BCUT2D eigenvalue weighted by Gasteiger charge is -2.33. The fourth-order valence-corrected chi connectivity index (χ4v) is 4.54. The Labute approximate surface area is 228 Å². The highest BCUT2D eigenvalue weighted by Gasteiger charge is 2.71. The SMILES string of the molecule is Cc1ccc(Cc2nc3ccc(-n4cccn4)cc3c(=O)n2-c2ccc(C(O)(C(F)(F)F)C(F)(F)F)cc2C)nc1. The lowest BCUT2D eigenvalue weighted by molar-refractivity contribution is -0.376. The predicted molar refractivity (Wildman–Crippen MR) is 137 cm³/mol. The molecule has 2 aromatic carbocycles. The van der Waals surface area contributed by atoms with Crippen LogP contribution in [-0.4, -0.2) is 41.8 Å². The van der Waals surface area contributed by atoms with Crippen molar-refractivity contribution in [2.45, 2.75) is 38.2 Å². The van der Waals surface area contributed by atoms with Crippen LogP contribution >= 0.6 is 0 Å². The Morgan fingerprint density at radius 2 is 1.66 bits per heavy atom. The second kappa shape index (κ2) is 9.84. The topological polar surface area (TPSA) is 85.8 Å². The molecule has 1 N–H and O–H groups in total. The average molecular weight is 573 g/mol. The summed E-state index contributed by atoms with van der Waals surface area (Å²) in [6.45, 7) is 3.09. The van der Waals surface area contributed by atoms with Gasteiger partial charge in [0, 0.05) is 36.3 Å². The minimum atomic E-state index is -6.05. The number of aryl methyl sites for hydroxylation is 2. The second-order valence-electron chi connectivity index (χ2n) is 9.53. The van der Waals surface area contributed by atoms with Crippen LogP contribution in [0.25, 0.3) is 22.3 Å². The van der Waals surface area contributed by atoms with E-state index in [1.165, 1.54) is 17.7 Å². The van der Waals surface area contributed by atoms with E-state index in [0.717, 1.165) is 16.2 Å². The third-order valence-electron chi connectivity index (χ3n) is 6.68. The molecule has 0 aliphatic heterocycles. The maximum absolute atomic E-state index is 13.9. The number of aliphatic hydroxyl groups is 1. The number of rotatable bonds is 5. The van der Waals surface area contributed by atoms with Crippen LogP contribution in [0.2, 0.25) is 0 Å². The quantitative estimate of drug-likeness (QED) is 0.281. The summed E-state index contributed by atoms with van der Waals surface area (Å²) in [7, 11) is 0. The lowest BCUT2D eigenvalue weighted by Crippen LogP contribution is -2.54. The largest absolute Gasteiger partial charge is 0.430 e. The number of halogens is 6. The lowest BCUT2D eigenvalue weighted by atomic mass is 9.90. The van der Waals surface area contributed by atoms with E-state index in [-0.39, 0.29) is 28.9 Å². The Morgan fingerprint density at radius 3 is 2.24 bits per heavy atom. The molecule has 5 rings (SSSR count). The number of hydrogen-bond acceptors (Lipinski definition) is 5. The number of hydrogen-bond donors (Lipinski definition) is 1. The molecule has 0 saturated carbocycles. The predicted octanol–water partition coefficient (Wildman–Crippen LogP) is 5.49. The van der Waals surface area contributed by atoms with Gasteiger partial charge in [0.15, 0.2) is 0 Å². The van der Waals surface area contributed by atoms with Gasteiger partial charge in [-0.25, -0.2) is 9.67 Å². The smallest absolute Gasteiger partial charge is 0.369 e. The zero-order chi connectivity index (χ0) is 29.7. The summed E-state index contributed by atoms with van der Waals surface area (Å²) in [6.07, 6.45) is -7.24. The first-order valence-electron chi connectivity index (χ1n) is 12.2. The Hall–Kier alpha value is -4.52. The van der Waals surface area contributed by atoms with Crippen LogP contribution in [-0.2, 0) is 12.0 Å². The van der Waals surface area contributed by atoms with E-state index < -0.39 is 29.1 Å². The second-order valence-corrected chi connectivity index (χ2v) is 9.53. The molecule has 0 amide bonds. The van der Waals surface area contributed by atoms with Gasteiger partial charge in [0.2, 0.25) is 0 Å². The zero-order valence-electron chi connectivity index (χ0n) is 21.5. The summed E-state index contributed by atoms with van der Waals surface area (Å²) in [4.78, 5) is 22.9. The summed E-state index contributed by atoms with van der Waals surface area (Å²) in [5.74, 6) is 0.156. The highest BCUT2D eigenvalue weighted by molar-refractivity contribution is 5.80. The van der Waals surface area contributed by atoms with Crippen LogP contribution in [0.15, 0.2) is 78.0 Å². The van der Waals surface area contributed by atoms with Crippen LogP contribution < -0.4 is 5.56 Å². The Balaban J connectivity index is 1.74. The molecule has 0 unspecified atom stereocenters. The van der Waals surface area contributed by atoms with E-state index in [1.807, 2.05) is 6.92 Å². The molecule has 0 saturated heterocycles. The van der Waals surface area contributed by atoms with Crippen molar-refractivity contribution < 1.29 is 31.4 Å². The molecule has 0 fully saturated rings. The summed E-state index contributed by atoms with van der Waals surface area (Å²) < 4.78 is 83.8. The van der Waals surface area contributed by atoms with Crippen LogP contribution in [0.1, 0.15) is 28.2 Å². The number of pyridine rings is 1. The Bertz CT molecular complexity index is 1780. The summed E-state index contributed by atoms with van der Waals surface area (Å²) in [5, 5.41) is 14.2. The van der Waals surface area contributed by atoms with Gasteiger partial charge in [-0.15, -0.1) is 0 Å². The van der Waals surface area contributed by atoms with Gasteiger partial charge >= 0.3 is 12.4 Å². The standard InChI is InChI=1S/C28H21F6N5O2/c1-16-4-6-19(35-15-16)13-24-37-22-8-7-20(38-11-3-10-36-38)14-21(22)25(40)39(24)23-9-5-18(12-17(23)2)26(41,27(29,30)31)28(32,33)34/h3-12,14-15,41H,13H2,1-2H3. The van der Waals surface area contributed by atoms with E-state index in [4.69, 9.17) is 0 Å². The molecule has 212 valence electrons. The molecule has 0 spiro atoms.